The molecule has 9 heteroatoms. The molecule has 0 atom stereocenters. The molecule has 0 radical (unpaired) electrons. The summed E-state index contributed by atoms with van der Waals surface area (Å²) in [6, 6.07) is 19.8. The molecule has 1 aliphatic heterocycles. The number of benzene rings is 2. The molecule has 0 aliphatic carbocycles. The highest BCUT2D eigenvalue weighted by atomic mass is 16.5. The van der Waals surface area contributed by atoms with Gasteiger partial charge in [-0.15, -0.1) is 5.10 Å². The summed E-state index contributed by atoms with van der Waals surface area (Å²) in [4.78, 5) is 26.3. The Balaban J connectivity index is 1.21. The lowest BCUT2D eigenvalue weighted by Crippen LogP contribution is -2.45. The number of hydrogen-bond acceptors (Lipinski definition) is 7. The van der Waals surface area contributed by atoms with Gasteiger partial charge >= 0.3 is 0 Å². The smallest absolute Gasteiger partial charge is 0.296 e. The second kappa shape index (κ2) is 12.0. The number of nitrogens with one attached hydrogen (secondary N) is 2. The SMILES string of the molecule is Cc1ccc(OCCN2CCN(C)CC2)cc1-c1ccnc(NC(=O)c2n[nH]c(Cc3ccccc3)n2)c1. The van der Waals surface area contributed by atoms with E-state index in [2.05, 4.69) is 55.3 Å². The van der Waals surface area contributed by atoms with Crippen LogP contribution < -0.4 is 10.1 Å². The van der Waals surface area contributed by atoms with Gasteiger partial charge in [-0.1, -0.05) is 36.4 Å². The maximum Gasteiger partial charge on any atom is 0.296 e. The fourth-order valence-electron chi connectivity index (χ4n) is 4.47. The lowest BCUT2D eigenvalue weighted by molar-refractivity contribution is 0.101. The van der Waals surface area contributed by atoms with E-state index in [1.54, 1.807) is 6.20 Å². The normalized spacial score (nSPS) is 14.4. The van der Waals surface area contributed by atoms with Gasteiger partial charge in [0, 0.05) is 45.3 Å². The Morgan fingerprint density at radius 3 is 2.68 bits per heavy atom. The number of carbonyl (C=O) groups excluding carboxylic acids is 1. The minimum Gasteiger partial charge on any atom is -0.492 e. The monoisotopic (exact) mass is 511 g/mol. The maximum absolute atomic E-state index is 12.8. The van der Waals surface area contributed by atoms with Crippen molar-refractivity contribution in [2.75, 3.05) is 51.7 Å². The van der Waals surface area contributed by atoms with Gasteiger partial charge in [-0.3, -0.25) is 14.8 Å². The zero-order valence-corrected chi connectivity index (χ0v) is 21.9. The molecule has 4 aromatic rings. The van der Waals surface area contributed by atoms with Crippen LogP contribution in [0.4, 0.5) is 5.82 Å². The first-order valence-corrected chi connectivity index (χ1v) is 12.9. The third-order valence-electron chi connectivity index (χ3n) is 6.74. The number of H-pyrrole nitrogens is 1. The summed E-state index contributed by atoms with van der Waals surface area (Å²) in [5.74, 6) is 1.55. The van der Waals surface area contributed by atoms with Crippen molar-refractivity contribution in [1.82, 2.24) is 30.0 Å². The number of nitrogens with zero attached hydrogens (tertiary/aromatic N) is 5. The lowest BCUT2D eigenvalue weighted by atomic mass is 10.0. The number of likely N-dealkylation sites (N-methyl/N-ethyl adjacent to an activating group) is 1. The van der Waals surface area contributed by atoms with E-state index in [0.717, 1.165) is 60.7 Å². The number of piperazine rings is 1. The van der Waals surface area contributed by atoms with Crippen molar-refractivity contribution in [3.63, 3.8) is 0 Å². The Morgan fingerprint density at radius 2 is 1.87 bits per heavy atom. The van der Waals surface area contributed by atoms with Gasteiger partial charge in [0.2, 0.25) is 5.82 Å². The number of carbonyl (C=O) groups is 1. The molecule has 2 aromatic carbocycles. The number of pyridine rings is 1. The molecular formula is C29H33N7O2. The zero-order valence-electron chi connectivity index (χ0n) is 21.9. The fourth-order valence-corrected chi connectivity index (χ4v) is 4.47. The summed E-state index contributed by atoms with van der Waals surface area (Å²) < 4.78 is 6.09. The molecule has 1 fully saturated rings. The topological polar surface area (TPSA) is 99.3 Å². The standard InChI is InChI=1S/C29H33N7O2/c1-21-8-9-24(38-17-16-36-14-12-35(2)13-15-36)20-25(21)23-10-11-30-26(19-23)32-29(37)28-31-27(33-34-28)18-22-6-4-3-5-7-22/h3-11,19-20H,12-18H2,1-2H3,(H,30,32,37)(H,31,33,34). The van der Waals surface area contributed by atoms with Crippen LogP contribution in [0.1, 0.15) is 27.6 Å². The molecule has 0 saturated carbocycles. The Labute approximate surface area is 222 Å². The molecule has 0 bridgehead atoms. The Kier molecular flexibility index (Phi) is 8.06. The summed E-state index contributed by atoms with van der Waals surface area (Å²) in [6.45, 7) is 7.97. The first kappa shape index (κ1) is 25.6. The van der Waals surface area contributed by atoms with Crippen LogP contribution >= 0.6 is 0 Å². The van der Waals surface area contributed by atoms with Crippen molar-refractivity contribution in [1.29, 1.82) is 0 Å². The van der Waals surface area contributed by atoms with E-state index >= 15 is 0 Å². The molecular weight excluding hydrogens is 478 g/mol. The minimum atomic E-state index is -0.414. The number of hydrogen-bond donors (Lipinski definition) is 2. The molecule has 3 heterocycles. The molecule has 2 N–H and O–H groups in total. The number of anilines is 1. The van der Waals surface area contributed by atoms with Crippen molar-refractivity contribution in [3.05, 3.63) is 89.6 Å². The van der Waals surface area contributed by atoms with E-state index < -0.39 is 5.91 Å². The fraction of sp³-hybridized carbons (Fsp3) is 0.310. The number of aryl methyl sites for hydroxylation is 1. The van der Waals surface area contributed by atoms with Crippen LogP contribution in [0.15, 0.2) is 66.9 Å². The first-order chi connectivity index (χ1) is 18.5. The second-order valence-electron chi connectivity index (χ2n) is 9.62. The van der Waals surface area contributed by atoms with E-state index in [4.69, 9.17) is 4.74 Å². The molecule has 38 heavy (non-hydrogen) atoms. The van der Waals surface area contributed by atoms with Crippen LogP contribution in [-0.4, -0.2) is 82.3 Å². The minimum absolute atomic E-state index is 0.0788. The lowest BCUT2D eigenvalue weighted by Gasteiger charge is -2.32. The van der Waals surface area contributed by atoms with Gasteiger partial charge in [0.25, 0.3) is 5.91 Å². The molecule has 1 aliphatic rings. The Morgan fingerprint density at radius 1 is 1.05 bits per heavy atom. The van der Waals surface area contributed by atoms with Gasteiger partial charge in [-0.25, -0.2) is 9.97 Å². The quantitative estimate of drug-likeness (QED) is 0.354. The van der Waals surface area contributed by atoms with Crippen molar-refractivity contribution in [2.24, 2.45) is 0 Å². The van der Waals surface area contributed by atoms with Crippen LogP contribution in [-0.2, 0) is 6.42 Å². The van der Waals surface area contributed by atoms with Crippen LogP contribution in [0, 0.1) is 6.92 Å². The number of rotatable bonds is 9. The summed E-state index contributed by atoms with van der Waals surface area (Å²) in [5, 5.41) is 9.75. The van der Waals surface area contributed by atoms with Crippen molar-refractivity contribution < 1.29 is 9.53 Å². The molecule has 5 rings (SSSR count). The highest BCUT2D eigenvalue weighted by molar-refractivity contribution is 6.01. The van der Waals surface area contributed by atoms with Gasteiger partial charge in [0.05, 0.1) is 0 Å². The summed E-state index contributed by atoms with van der Waals surface area (Å²) in [7, 11) is 2.16. The first-order valence-electron chi connectivity index (χ1n) is 12.9. The van der Waals surface area contributed by atoms with Gasteiger partial charge in [-0.2, -0.15) is 0 Å². The molecule has 9 nitrogen and oxygen atoms in total. The molecule has 1 saturated heterocycles. The van der Waals surface area contributed by atoms with E-state index in [-0.39, 0.29) is 5.82 Å². The summed E-state index contributed by atoms with van der Waals surface area (Å²) in [5.41, 5.74) is 4.17. The highest BCUT2D eigenvalue weighted by Gasteiger charge is 2.16. The van der Waals surface area contributed by atoms with Crippen molar-refractivity contribution in [3.8, 4) is 16.9 Å². The zero-order chi connectivity index (χ0) is 26.3. The van der Waals surface area contributed by atoms with Crippen LogP contribution in [0.25, 0.3) is 11.1 Å². The van der Waals surface area contributed by atoms with Crippen molar-refractivity contribution >= 4 is 11.7 Å². The predicted octanol–water partition coefficient (Wildman–Crippen LogP) is 3.64. The third-order valence-corrected chi connectivity index (χ3v) is 6.74. The molecule has 1 amide bonds. The van der Waals surface area contributed by atoms with Crippen molar-refractivity contribution in [2.45, 2.75) is 13.3 Å². The third kappa shape index (κ3) is 6.62. The van der Waals surface area contributed by atoms with E-state index in [9.17, 15) is 4.79 Å². The Hall–Kier alpha value is -4.08. The molecule has 0 unspecified atom stereocenters. The Bertz CT molecular complexity index is 1360. The van der Waals surface area contributed by atoms with E-state index in [1.165, 1.54) is 0 Å². The molecule has 196 valence electrons. The molecule has 0 spiro atoms. The summed E-state index contributed by atoms with van der Waals surface area (Å²) >= 11 is 0. The maximum atomic E-state index is 12.8. The average Bonchev–Trinajstić information content (AvgIpc) is 3.40. The van der Waals surface area contributed by atoms with E-state index in [0.29, 0.717) is 24.7 Å². The van der Waals surface area contributed by atoms with Crippen LogP contribution in [0.2, 0.25) is 0 Å². The largest absolute Gasteiger partial charge is 0.492 e. The van der Waals surface area contributed by atoms with Crippen LogP contribution in [0.3, 0.4) is 0 Å². The number of amides is 1. The molecule has 2 aromatic heterocycles. The number of ether oxygens (including phenoxy) is 1. The van der Waals surface area contributed by atoms with Gasteiger partial charge < -0.3 is 15.0 Å². The van der Waals surface area contributed by atoms with E-state index in [1.807, 2.05) is 54.6 Å². The predicted molar refractivity (Wildman–Crippen MR) is 147 cm³/mol. The number of aromatic nitrogens is 4. The summed E-state index contributed by atoms with van der Waals surface area (Å²) in [6.07, 6.45) is 2.26. The highest BCUT2D eigenvalue weighted by Crippen LogP contribution is 2.29. The van der Waals surface area contributed by atoms with Gasteiger partial charge in [0.15, 0.2) is 0 Å². The van der Waals surface area contributed by atoms with Crippen LogP contribution in [0.5, 0.6) is 5.75 Å². The average molecular weight is 512 g/mol. The second-order valence-corrected chi connectivity index (χ2v) is 9.62. The number of aromatic amines is 1. The van der Waals surface area contributed by atoms with Gasteiger partial charge in [0.1, 0.15) is 24.0 Å². The van der Waals surface area contributed by atoms with Gasteiger partial charge in [-0.05, 0) is 60.5 Å².